The SMILES string of the molecule is C[C@H](OC(=O)c1cc2ccccc2[nH]1)C(=O)Nc1ccc(C#N)c(Cl)c1. The molecule has 1 heterocycles. The van der Waals surface area contributed by atoms with Gasteiger partial charge in [-0.05, 0) is 37.3 Å². The van der Waals surface area contributed by atoms with Gasteiger partial charge in [0.2, 0.25) is 0 Å². The minimum Gasteiger partial charge on any atom is -0.448 e. The summed E-state index contributed by atoms with van der Waals surface area (Å²) in [6.45, 7) is 1.47. The summed E-state index contributed by atoms with van der Waals surface area (Å²) in [5.41, 5.74) is 1.80. The maximum Gasteiger partial charge on any atom is 0.355 e. The number of hydrogen-bond acceptors (Lipinski definition) is 4. The van der Waals surface area contributed by atoms with Crippen LogP contribution in [0.4, 0.5) is 5.69 Å². The number of aromatic amines is 1. The van der Waals surface area contributed by atoms with Crippen LogP contribution in [0.5, 0.6) is 0 Å². The molecule has 1 atom stereocenters. The Morgan fingerprint density at radius 2 is 2.00 bits per heavy atom. The van der Waals surface area contributed by atoms with E-state index in [0.29, 0.717) is 11.3 Å². The second kappa shape index (κ2) is 7.30. The fourth-order valence-corrected chi connectivity index (χ4v) is 2.61. The molecular formula is C19H14ClN3O3. The Bertz CT molecular complexity index is 1000. The van der Waals surface area contributed by atoms with Gasteiger partial charge in [0.15, 0.2) is 6.10 Å². The van der Waals surface area contributed by atoms with Gasteiger partial charge in [0.25, 0.3) is 5.91 Å². The van der Waals surface area contributed by atoms with Crippen LogP contribution in [-0.2, 0) is 9.53 Å². The van der Waals surface area contributed by atoms with E-state index in [4.69, 9.17) is 21.6 Å². The summed E-state index contributed by atoms with van der Waals surface area (Å²) in [4.78, 5) is 27.4. The number of amides is 1. The summed E-state index contributed by atoms with van der Waals surface area (Å²) in [6, 6.07) is 15.5. The van der Waals surface area contributed by atoms with Crippen molar-refractivity contribution in [2.75, 3.05) is 5.32 Å². The van der Waals surface area contributed by atoms with E-state index >= 15 is 0 Å². The number of esters is 1. The van der Waals surface area contributed by atoms with Crippen molar-refractivity contribution in [1.29, 1.82) is 5.26 Å². The second-order valence-corrected chi connectivity index (χ2v) is 6.02. The number of anilines is 1. The molecule has 2 aromatic carbocycles. The summed E-state index contributed by atoms with van der Waals surface area (Å²) in [5, 5.41) is 12.6. The molecule has 0 saturated heterocycles. The van der Waals surface area contributed by atoms with Crippen LogP contribution in [0.3, 0.4) is 0 Å². The molecule has 2 N–H and O–H groups in total. The molecule has 26 heavy (non-hydrogen) atoms. The lowest BCUT2D eigenvalue weighted by atomic mass is 10.2. The first-order chi connectivity index (χ1) is 12.5. The molecule has 7 heteroatoms. The zero-order chi connectivity index (χ0) is 18.7. The van der Waals surface area contributed by atoms with Gasteiger partial charge in [-0.15, -0.1) is 0 Å². The molecule has 0 aliphatic carbocycles. The number of aromatic nitrogens is 1. The molecule has 0 saturated carbocycles. The Hall–Kier alpha value is -3.30. The van der Waals surface area contributed by atoms with E-state index in [1.807, 2.05) is 30.3 Å². The zero-order valence-electron chi connectivity index (χ0n) is 13.7. The molecule has 0 bridgehead atoms. The van der Waals surface area contributed by atoms with Gasteiger partial charge in [-0.3, -0.25) is 4.79 Å². The number of fused-ring (bicyclic) bond motifs is 1. The number of nitriles is 1. The Labute approximate surface area is 154 Å². The summed E-state index contributed by atoms with van der Waals surface area (Å²) < 4.78 is 5.21. The molecule has 0 aliphatic rings. The molecule has 3 aromatic rings. The average molecular weight is 368 g/mol. The van der Waals surface area contributed by atoms with Crippen molar-refractivity contribution in [2.24, 2.45) is 0 Å². The Morgan fingerprint density at radius 3 is 2.69 bits per heavy atom. The molecule has 3 rings (SSSR count). The number of benzene rings is 2. The molecule has 0 unspecified atom stereocenters. The van der Waals surface area contributed by atoms with Crippen LogP contribution in [0, 0.1) is 11.3 Å². The second-order valence-electron chi connectivity index (χ2n) is 5.61. The molecular weight excluding hydrogens is 354 g/mol. The van der Waals surface area contributed by atoms with Crippen molar-refractivity contribution in [3.8, 4) is 6.07 Å². The standard InChI is InChI=1S/C19H14ClN3O3/c1-11(18(24)22-14-7-6-13(10-21)15(20)9-14)26-19(25)17-8-12-4-2-3-5-16(12)23-17/h2-9,11,23H,1H3,(H,22,24)/t11-/m0/s1. The quantitative estimate of drug-likeness (QED) is 0.684. The molecule has 1 amide bonds. The number of para-hydroxylation sites is 1. The molecule has 0 spiro atoms. The fourth-order valence-electron chi connectivity index (χ4n) is 2.39. The van der Waals surface area contributed by atoms with Gasteiger partial charge in [0, 0.05) is 16.6 Å². The summed E-state index contributed by atoms with van der Waals surface area (Å²) in [6.07, 6.45) is -1.01. The number of halogens is 1. The van der Waals surface area contributed by atoms with Gasteiger partial charge in [-0.1, -0.05) is 29.8 Å². The number of nitrogens with zero attached hydrogens (tertiary/aromatic N) is 1. The highest BCUT2D eigenvalue weighted by Crippen LogP contribution is 2.21. The number of ether oxygens (including phenoxy) is 1. The van der Waals surface area contributed by atoms with E-state index in [-0.39, 0.29) is 10.7 Å². The van der Waals surface area contributed by atoms with Gasteiger partial charge < -0.3 is 15.0 Å². The topological polar surface area (TPSA) is 95.0 Å². The van der Waals surface area contributed by atoms with E-state index in [9.17, 15) is 9.59 Å². The lowest BCUT2D eigenvalue weighted by Crippen LogP contribution is -2.30. The molecule has 1 aromatic heterocycles. The van der Waals surface area contributed by atoms with Crippen LogP contribution in [0.15, 0.2) is 48.5 Å². The van der Waals surface area contributed by atoms with Crippen molar-refractivity contribution >= 4 is 40.1 Å². The number of nitrogens with one attached hydrogen (secondary N) is 2. The smallest absolute Gasteiger partial charge is 0.355 e. The van der Waals surface area contributed by atoms with Gasteiger partial charge >= 0.3 is 5.97 Å². The van der Waals surface area contributed by atoms with Crippen molar-refractivity contribution < 1.29 is 14.3 Å². The predicted molar refractivity (Wildman–Crippen MR) is 98.0 cm³/mol. The molecule has 0 aliphatic heterocycles. The number of rotatable bonds is 4. The monoisotopic (exact) mass is 367 g/mol. The van der Waals surface area contributed by atoms with Crippen molar-refractivity contribution in [1.82, 2.24) is 4.98 Å². The summed E-state index contributed by atoms with van der Waals surface area (Å²) in [5.74, 6) is -1.13. The first-order valence-corrected chi connectivity index (χ1v) is 8.15. The van der Waals surface area contributed by atoms with Crippen LogP contribution in [0.1, 0.15) is 23.0 Å². The molecule has 6 nitrogen and oxygen atoms in total. The third-order valence-corrected chi connectivity index (χ3v) is 4.07. The first-order valence-electron chi connectivity index (χ1n) is 7.77. The molecule has 0 radical (unpaired) electrons. The van der Waals surface area contributed by atoms with Gasteiger partial charge in [0.05, 0.1) is 10.6 Å². The van der Waals surface area contributed by atoms with E-state index in [1.165, 1.54) is 19.1 Å². The Balaban J connectivity index is 1.66. The molecule has 130 valence electrons. The van der Waals surface area contributed by atoms with Gasteiger partial charge in [-0.25, -0.2) is 4.79 Å². The van der Waals surface area contributed by atoms with Gasteiger partial charge in [-0.2, -0.15) is 5.26 Å². The normalized spacial score (nSPS) is 11.6. The van der Waals surface area contributed by atoms with Crippen LogP contribution < -0.4 is 5.32 Å². The van der Waals surface area contributed by atoms with E-state index in [0.717, 1.165) is 10.9 Å². The first kappa shape index (κ1) is 17.5. The third-order valence-electron chi connectivity index (χ3n) is 3.76. The van der Waals surface area contributed by atoms with E-state index in [2.05, 4.69) is 10.3 Å². The fraction of sp³-hybridized carbons (Fsp3) is 0.105. The maximum absolute atomic E-state index is 12.2. The lowest BCUT2D eigenvalue weighted by molar-refractivity contribution is -0.123. The van der Waals surface area contributed by atoms with E-state index in [1.54, 1.807) is 12.1 Å². The minimum absolute atomic E-state index is 0.230. The van der Waals surface area contributed by atoms with Crippen molar-refractivity contribution in [2.45, 2.75) is 13.0 Å². The maximum atomic E-state index is 12.2. The van der Waals surface area contributed by atoms with Crippen LogP contribution >= 0.6 is 11.6 Å². The number of carbonyl (C=O) groups excluding carboxylic acids is 2. The van der Waals surface area contributed by atoms with Crippen LogP contribution in [0.25, 0.3) is 10.9 Å². The third kappa shape index (κ3) is 3.68. The summed E-state index contributed by atoms with van der Waals surface area (Å²) in [7, 11) is 0. The van der Waals surface area contributed by atoms with Crippen LogP contribution in [0.2, 0.25) is 5.02 Å². The highest BCUT2D eigenvalue weighted by atomic mass is 35.5. The zero-order valence-corrected chi connectivity index (χ0v) is 14.5. The van der Waals surface area contributed by atoms with Crippen molar-refractivity contribution in [3.63, 3.8) is 0 Å². The largest absolute Gasteiger partial charge is 0.448 e. The minimum atomic E-state index is -1.01. The van der Waals surface area contributed by atoms with Crippen LogP contribution in [-0.4, -0.2) is 23.0 Å². The van der Waals surface area contributed by atoms with Gasteiger partial charge in [0.1, 0.15) is 11.8 Å². The highest BCUT2D eigenvalue weighted by molar-refractivity contribution is 6.32. The molecule has 0 fully saturated rings. The summed E-state index contributed by atoms with van der Waals surface area (Å²) >= 11 is 5.93. The highest BCUT2D eigenvalue weighted by Gasteiger charge is 2.20. The number of H-pyrrole nitrogens is 1. The average Bonchev–Trinajstić information content (AvgIpc) is 3.06. The Morgan fingerprint density at radius 1 is 1.23 bits per heavy atom. The number of hydrogen-bond donors (Lipinski definition) is 2. The lowest BCUT2D eigenvalue weighted by Gasteiger charge is -2.13. The number of carbonyl (C=O) groups is 2. The predicted octanol–water partition coefficient (Wildman–Crippen LogP) is 3.88. The van der Waals surface area contributed by atoms with Crippen molar-refractivity contribution in [3.05, 3.63) is 64.8 Å². The Kier molecular flexibility index (Phi) is 4.92. The van der Waals surface area contributed by atoms with E-state index < -0.39 is 18.0 Å².